The van der Waals surface area contributed by atoms with Crippen molar-refractivity contribution in [2.45, 2.75) is 18.9 Å². The largest absolute Gasteiger partial charge is 0.376 e. The summed E-state index contributed by atoms with van der Waals surface area (Å²) in [5.74, 6) is 0.984. The highest BCUT2D eigenvalue weighted by atomic mass is 16.5. The number of hydrogen-bond donors (Lipinski definition) is 1. The van der Waals surface area contributed by atoms with Gasteiger partial charge in [0.1, 0.15) is 11.5 Å². The number of anilines is 1. The van der Waals surface area contributed by atoms with Gasteiger partial charge in [0.25, 0.3) is 5.91 Å². The van der Waals surface area contributed by atoms with Crippen molar-refractivity contribution in [3.63, 3.8) is 0 Å². The van der Waals surface area contributed by atoms with Crippen molar-refractivity contribution in [2.24, 2.45) is 0 Å². The second kappa shape index (κ2) is 9.00. The molecule has 1 N–H and O–H groups in total. The summed E-state index contributed by atoms with van der Waals surface area (Å²) in [7, 11) is 0. The number of piperazine rings is 1. The van der Waals surface area contributed by atoms with Crippen molar-refractivity contribution in [2.75, 3.05) is 44.6 Å². The van der Waals surface area contributed by atoms with Crippen LogP contribution in [0.2, 0.25) is 0 Å². The van der Waals surface area contributed by atoms with E-state index in [1.165, 1.54) is 0 Å². The molecule has 0 bridgehead atoms. The topological polar surface area (TPSA) is 87.7 Å². The third-order valence-corrected chi connectivity index (χ3v) is 5.26. The second-order valence-corrected chi connectivity index (χ2v) is 7.28. The lowest BCUT2D eigenvalue weighted by atomic mass is 10.2. The molecule has 1 aromatic carbocycles. The summed E-state index contributed by atoms with van der Waals surface area (Å²) in [4.78, 5) is 36.6. The number of nitrogens with zero attached hydrogens (tertiary/aromatic N) is 4. The molecule has 4 rings (SSSR count). The van der Waals surface area contributed by atoms with E-state index < -0.39 is 0 Å². The molecule has 1 unspecified atom stereocenters. The molecule has 0 aliphatic carbocycles. The van der Waals surface area contributed by atoms with Crippen LogP contribution in [-0.4, -0.2) is 77.5 Å². The van der Waals surface area contributed by atoms with Crippen LogP contribution in [0.5, 0.6) is 0 Å². The monoisotopic (exact) mass is 395 g/mol. The van der Waals surface area contributed by atoms with E-state index in [2.05, 4.69) is 15.3 Å². The van der Waals surface area contributed by atoms with Gasteiger partial charge in [0, 0.05) is 51.0 Å². The first-order valence-corrected chi connectivity index (χ1v) is 10.0. The summed E-state index contributed by atoms with van der Waals surface area (Å²) in [6.07, 6.45) is 3.09. The summed E-state index contributed by atoms with van der Waals surface area (Å²) in [6.45, 7) is 3.52. The highest BCUT2D eigenvalue weighted by Crippen LogP contribution is 2.20. The van der Waals surface area contributed by atoms with Gasteiger partial charge < -0.3 is 19.9 Å². The number of hydrogen-bond acceptors (Lipinski definition) is 6. The Balaban J connectivity index is 1.56. The number of rotatable bonds is 6. The van der Waals surface area contributed by atoms with Crippen LogP contribution in [0.4, 0.5) is 5.82 Å². The van der Waals surface area contributed by atoms with Crippen LogP contribution in [-0.2, 0) is 9.53 Å². The molecule has 0 saturated carbocycles. The molecule has 2 saturated heterocycles. The average Bonchev–Trinajstić information content (AvgIpc) is 3.31. The predicted octanol–water partition coefficient (Wildman–Crippen LogP) is 1.65. The first-order chi connectivity index (χ1) is 14.2. The van der Waals surface area contributed by atoms with Crippen LogP contribution in [0, 0.1) is 0 Å². The predicted molar refractivity (Wildman–Crippen MR) is 108 cm³/mol. The molecular weight excluding hydrogens is 370 g/mol. The van der Waals surface area contributed by atoms with Crippen molar-refractivity contribution >= 4 is 18.1 Å². The van der Waals surface area contributed by atoms with Gasteiger partial charge in [-0.3, -0.25) is 9.59 Å². The summed E-state index contributed by atoms with van der Waals surface area (Å²) < 4.78 is 5.67. The molecule has 0 spiro atoms. The van der Waals surface area contributed by atoms with E-state index in [0.717, 1.165) is 31.4 Å². The highest BCUT2D eigenvalue weighted by Gasteiger charge is 2.24. The van der Waals surface area contributed by atoms with Gasteiger partial charge in [-0.15, -0.1) is 0 Å². The maximum atomic E-state index is 13.1. The van der Waals surface area contributed by atoms with Crippen LogP contribution in [0.3, 0.4) is 0 Å². The number of benzene rings is 1. The molecule has 0 radical (unpaired) electrons. The van der Waals surface area contributed by atoms with Crippen molar-refractivity contribution in [3.05, 3.63) is 42.1 Å². The maximum Gasteiger partial charge on any atom is 0.272 e. The third kappa shape index (κ3) is 4.71. The zero-order chi connectivity index (χ0) is 20.1. The number of carbonyl (C=O) groups is 2. The molecule has 8 heteroatoms. The van der Waals surface area contributed by atoms with Gasteiger partial charge >= 0.3 is 0 Å². The molecule has 2 fully saturated rings. The van der Waals surface area contributed by atoms with Gasteiger partial charge in [-0.1, -0.05) is 30.3 Å². The molecular formula is C21H25N5O3. The summed E-state index contributed by atoms with van der Waals surface area (Å²) >= 11 is 0. The quantitative estimate of drug-likeness (QED) is 0.749. The van der Waals surface area contributed by atoms with Crippen molar-refractivity contribution < 1.29 is 14.3 Å². The lowest BCUT2D eigenvalue weighted by Gasteiger charge is -2.32. The molecule has 2 aliphatic rings. The molecule has 1 atom stereocenters. The Morgan fingerprint density at radius 3 is 2.66 bits per heavy atom. The second-order valence-electron chi connectivity index (χ2n) is 7.28. The fourth-order valence-corrected chi connectivity index (χ4v) is 3.58. The highest BCUT2D eigenvalue weighted by molar-refractivity contribution is 5.93. The fraction of sp³-hybridized carbons (Fsp3) is 0.429. The first-order valence-electron chi connectivity index (χ1n) is 10.0. The molecule has 2 aliphatic heterocycles. The Bertz CT molecular complexity index is 847. The van der Waals surface area contributed by atoms with E-state index in [1.54, 1.807) is 15.9 Å². The molecule has 1 aromatic heterocycles. The number of carbonyl (C=O) groups excluding carboxylic acids is 2. The van der Waals surface area contributed by atoms with E-state index in [-0.39, 0.29) is 12.0 Å². The van der Waals surface area contributed by atoms with Crippen LogP contribution in [0.15, 0.2) is 36.4 Å². The van der Waals surface area contributed by atoms with Crippen LogP contribution < -0.4 is 5.32 Å². The van der Waals surface area contributed by atoms with Gasteiger partial charge in [0.15, 0.2) is 5.82 Å². The maximum absolute atomic E-state index is 13.1. The fourth-order valence-electron chi connectivity index (χ4n) is 3.58. The molecule has 2 amide bonds. The first kappa shape index (κ1) is 19.3. The number of amides is 2. The SMILES string of the molecule is O=CN1CCN(C(=O)c2cc(NCC3CCCO3)nc(-c3ccccc3)n2)CC1. The summed E-state index contributed by atoms with van der Waals surface area (Å²) in [5.41, 5.74) is 1.21. The van der Waals surface area contributed by atoms with Crippen LogP contribution in [0.25, 0.3) is 11.4 Å². The molecule has 152 valence electrons. The Morgan fingerprint density at radius 2 is 1.97 bits per heavy atom. The number of aromatic nitrogens is 2. The molecule has 29 heavy (non-hydrogen) atoms. The normalized spacial score (nSPS) is 19.2. The van der Waals surface area contributed by atoms with E-state index in [9.17, 15) is 9.59 Å². The smallest absolute Gasteiger partial charge is 0.272 e. The van der Waals surface area contributed by atoms with Crippen molar-refractivity contribution in [1.29, 1.82) is 0 Å². The minimum atomic E-state index is -0.143. The Morgan fingerprint density at radius 1 is 1.17 bits per heavy atom. The summed E-state index contributed by atoms with van der Waals surface area (Å²) in [5, 5.41) is 3.31. The van der Waals surface area contributed by atoms with Gasteiger partial charge in [-0.05, 0) is 12.8 Å². The van der Waals surface area contributed by atoms with Crippen LogP contribution in [0.1, 0.15) is 23.3 Å². The number of ether oxygens (including phenoxy) is 1. The van der Waals surface area contributed by atoms with Gasteiger partial charge in [0.05, 0.1) is 6.10 Å². The molecule has 2 aromatic rings. The molecule has 8 nitrogen and oxygen atoms in total. The minimum Gasteiger partial charge on any atom is -0.376 e. The number of nitrogens with one attached hydrogen (secondary N) is 1. The Hall–Kier alpha value is -3.00. The third-order valence-electron chi connectivity index (χ3n) is 5.26. The van der Waals surface area contributed by atoms with E-state index >= 15 is 0 Å². The van der Waals surface area contributed by atoms with Gasteiger partial charge in [0.2, 0.25) is 6.41 Å². The Labute approximate surface area is 169 Å². The molecule has 3 heterocycles. The summed E-state index contributed by atoms with van der Waals surface area (Å²) in [6, 6.07) is 11.3. The average molecular weight is 395 g/mol. The Kier molecular flexibility index (Phi) is 6.00. The lowest BCUT2D eigenvalue weighted by Crippen LogP contribution is -2.48. The standard InChI is InChI=1S/C21H25N5O3/c27-15-25-8-10-26(11-9-25)21(28)18-13-19(22-14-17-7-4-12-29-17)24-20(23-18)16-5-2-1-3-6-16/h1-3,5-6,13,15,17H,4,7-12,14H2,(H,22,23,24). The zero-order valence-electron chi connectivity index (χ0n) is 16.3. The van der Waals surface area contributed by atoms with E-state index in [4.69, 9.17) is 4.74 Å². The van der Waals surface area contributed by atoms with Crippen molar-refractivity contribution in [3.8, 4) is 11.4 Å². The zero-order valence-corrected chi connectivity index (χ0v) is 16.3. The minimum absolute atomic E-state index is 0.143. The van der Waals surface area contributed by atoms with Gasteiger partial charge in [-0.25, -0.2) is 9.97 Å². The lowest BCUT2D eigenvalue weighted by molar-refractivity contribution is -0.119. The van der Waals surface area contributed by atoms with E-state index in [0.29, 0.717) is 50.1 Å². The van der Waals surface area contributed by atoms with Crippen LogP contribution >= 0.6 is 0 Å². The van der Waals surface area contributed by atoms with E-state index in [1.807, 2.05) is 30.3 Å². The van der Waals surface area contributed by atoms with Crippen molar-refractivity contribution in [1.82, 2.24) is 19.8 Å². The van der Waals surface area contributed by atoms with Gasteiger partial charge in [-0.2, -0.15) is 0 Å².